The first-order valence-electron chi connectivity index (χ1n) is 9.22. The summed E-state index contributed by atoms with van der Waals surface area (Å²) in [6.07, 6.45) is 0. The number of halogens is 1. The highest BCUT2D eigenvalue weighted by molar-refractivity contribution is 7.11. The van der Waals surface area contributed by atoms with Crippen molar-refractivity contribution >= 4 is 17.2 Å². The minimum absolute atomic E-state index is 0.109. The predicted molar refractivity (Wildman–Crippen MR) is 112 cm³/mol. The van der Waals surface area contributed by atoms with Crippen molar-refractivity contribution in [2.75, 3.05) is 0 Å². The Bertz CT molecular complexity index is 1040. The van der Waals surface area contributed by atoms with Gasteiger partial charge >= 0.3 is 0 Å². The number of aliphatic hydroxyl groups is 1. The summed E-state index contributed by atoms with van der Waals surface area (Å²) < 4.78 is 13.9. The Morgan fingerprint density at radius 3 is 2.66 bits per heavy atom. The van der Waals surface area contributed by atoms with Gasteiger partial charge in [-0.1, -0.05) is 12.1 Å². The Morgan fingerprint density at radius 2 is 2.07 bits per heavy atom. The number of aryl methyl sites for hydroxylation is 2. The third-order valence-electron chi connectivity index (χ3n) is 4.73. The fourth-order valence-electron chi connectivity index (χ4n) is 2.95. The summed E-state index contributed by atoms with van der Waals surface area (Å²) in [5.41, 5.74) is 8.45. The monoisotopic (exact) mass is 416 g/mol. The molecule has 154 valence electrons. The molecule has 0 bridgehead atoms. The number of carbonyl (C=O) groups excluding carboxylic acids is 1. The van der Waals surface area contributed by atoms with Crippen molar-refractivity contribution in [2.45, 2.75) is 45.9 Å². The zero-order valence-corrected chi connectivity index (χ0v) is 17.7. The number of carbonyl (C=O) groups is 1. The van der Waals surface area contributed by atoms with Crippen molar-refractivity contribution in [1.29, 1.82) is 0 Å². The van der Waals surface area contributed by atoms with E-state index in [4.69, 9.17) is 5.73 Å². The van der Waals surface area contributed by atoms with Crippen LogP contribution in [0.25, 0.3) is 11.3 Å². The van der Waals surface area contributed by atoms with Crippen molar-refractivity contribution < 1.29 is 14.3 Å². The summed E-state index contributed by atoms with van der Waals surface area (Å²) in [6, 6.07) is 7.77. The lowest BCUT2D eigenvalue weighted by atomic mass is 9.96. The SMILES string of the molecule is Cc1ccc(-c2ccc(C(=O)NC(c3nc(C)c(CO)s3)C(C)(C)N)[nH]2)cc1F. The summed E-state index contributed by atoms with van der Waals surface area (Å²) in [7, 11) is 0. The smallest absolute Gasteiger partial charge is 0.268 e. The standard InChI is InChI=1S/C21H25FN4O2S/c1-11-5-6-13(9-14(11)22)15-7-8-16(25-15)19(28)26-18(21(3,4)23)20-24-12(2)17(10-27)29-20/h5-9,18,25,27H,10,23H2,1-4H3,(H,26,28). The average molecular weight is 417 g/mol. The number of amides is 1. The number of hydrogen-bond acceptors (Lipinski definition) is 5. The van der Waals surface area contributed by atoms with Crippen LogP contribution in [0.1, 0.15) is 51.5 Å². The molecule has 3 aromatic rings. The van der Waals surface area contributed by atoms with Gasteiger partial charge in [0.2, 0.25) is 0 Å². The zero-order chi connectivity index (χ0) is 21.3. The molecule has 8 heteroatoms. The second-order valence-corrected chi connectivity index (χ2v) is 8.81. The highest BCUT2D eigenvalue weighted by atomic mass is 32.1. The Balaban J connectivity index is 1.85. The van der Waals surface area contributed by atoms with Crippen molar-refractivity contribution in [3.63, 3.8) is 0 Å². The van der Waals surface area contributed by atoms with Crippen LogP contribution in [0.3, 0.4) is 0 Å². The molecule has 1 aromatic carbocycles. The molecule has 0 saturated heterocycles. The molecule has 0 aliphatic carbocycles. The van der Waals surface area contributed by atoms with Crippen LogP contribution in [0.4, 0.5) is 4.39 Å². The maximum absolute atomic E-state index is 13.9. The number of nitrogens with one attached hydrogen (secondary N) is 2. The van der Waals surface area contributed by atoms with Crippen LogP contribution in [0.15, 0.2) is 30.3 Å². The average Bonchev–Trinajstić information content (AvgIpc) is 3.27. The van der Waals surface area contributed by atoms with E-state index in [0.29, 0.717) is 27.5 Å². The third kappa shape index (κ3) is 4.55. The number of aromatic amines is 1. The number of aliphatic hydroxyl groups excluding tert-OH is 1. The number of hydrogen-bond donors (Lipinski definition) is 4. The van der Waals surface area contributed by atoms with Crippen LogP contribution in [0, 0.1) is 19.7 Å². The molecule has 0 aliphatic rings. The molecule has 29 heavy (non-hydrogen) atoms. The number of H-pyrrole nitrogens is 1. The third-order valence-corrected chi connectivity index (χ3v) is 5.94. The van der Waals surface area contributed by atoms with Gasteiger partial charge in [-0.25, -0.2) is 9.37 Å². The van der Waals surface area contributed by atoms with Gasteiger partial charge < -0.3 is 21.1 Å². The molecular formula is C21H25FN4O2S. The molecule has 1 unspecified atom stereocenters. The molecule has 2 aromatic heterocycles. The second kappa shape index (κ2) is 8.06. The van der Waals surface area contributed by atoms with E-state index in [-0.39, 0.29) is 18.3 Å². The second-order valence-electron chi connectivity index (χ2n) is 7.70. The van der Waals surface area contributed by atoms with Crippen LogP contribution in [0.5, 0.6) is 0 Å². The number of benzene rings is 1. The number of nitrogens with zero attached hydrogens (tertiary/aromatic N) is 1. The van der Waals surface area contributed by atoms with Gasteiger partial charge in [0.1, 0.15) is 16.5 Å². The fraction of sp³-hybridized carbons (Fsp3) is 0.333. The first kappa shape index (κ1) is 21.2. The molecule has 1 amide bonds. The summed E-state index contributed by atoms with van der Waals surface area (Å²) in [6.45, 7) is 7.02. The maximum atomic E-state index is 13.9. The predicted octanol–water partition coefficient (Wildman–Crippen LogP) is 3.59. The van der Waals surface area contributed by atoms with Gasteiger partial charge in [-0.05, 0) is 51.5 Å². The number of nitrogens with two attached hydrogens (primary N) is 1. The van der Waals surface area contributed by atoms with Crippen LogP contribution >= 0.6 is 11.3 Å². The van der Waals surface area contributed by atoms with E-state index in [2.05, 4.69) is 15.3 Å². The highest BCUT2D eigenvalue weighted by Gasteiger charge is 2.32. The van der Waals surface area contributed by atoms with Gasteiger partial charge in [-0.2, -0.15) is 0 Å². The molecule has 6 nitrogen and oxygen atoms in total. The highest BCUT2D eigenvalue weighted by Crippen LogP contribution is 2.30. The van der Waals surface area contributed by atoms with Crippen LogP contribution in [0.2, 0.25) is 0 Å². The lowest BCUT2D eigenvalue weighted by molar-refractivity contribution is 0.0914. The van der Waals surface area contributed by atoms with E-state index in [9.17, 15) is 14.3 Å². The van der Waals surface area contributed by atoms with Gasteiger partial charge in [-0.3, -0.25) is 4.79 Å². The molecule has 2 heterocycles. The Labute approximate surface area is 173 Å². The molecule has 5 N–H and O–H groups in total. The topological polar surface area (TPSA) is 104 Å². The van der Waals surface area contributed by atoms with Crippen LogP contribution < -0.4 is 11.1 Å². The molecule has 0 aliphatic heterocycles. The molecular weight excluding hydrogens is 391 g/mol. The van der Waals surface area contributed by atoms with Gasteiger partial charge in [0.15, 0.2) is 0 Å². The van der Waals surface area contributed by atoms with Gasteiger partial charge in [-0.15, -0.1) is 11.3 Å². The first-order chi connectivity index (χ1) is 13.6. The number of rotatable bonds is 6. The van der Waals surface area contributed by atoms with E-state index in [1.165, 1.54) is 17.4 Å². The lowest BCUT2D eigenvalue weighted by Gasteiger charge is -2.29. The van der Waals surface area contributed by atoms with Crippen LogP contribution in [-0.4, -0.2) is 26.5 Å². The quantitative estimate of drug-likeness (QED) is 0.493. The molecule has 0 radical (unpaired) electrons. The van der Waals surface area contributed by atoms with Crippen molar-refractivity contribution in [1.82, 2.24) is 15.3 Å². The zero-order valence-electron chi connectivity index (χ0n) is 16.8. The Morgan fingerprint density at radius 1 is 1.34 bits per heavy atom. The fourth-order valence-corrected chi connectivity index (χ4v) is 4.13. The largest absolute Gasteiger partial charge is 0.391 e. The van der Waals surface area contributed by atoms with E-state index < -0.39 is 11.6 Å². The Kier molecular flexibility index (Phi) is 5.88. The molecule has 0 spiro atoms. The van der Waals surface area contributed by atoms with E-state index in [1.54, 1.807) is 31.2 Å². The summed E-state index contributed by atoms with van der Waals surface area (Å²) in [4.78, 5) is 21.1. The normalized spacial score (nSPS) is 12.8. The molecule has 1 atom stereocenters. The number of aromatic nitrogens is 2. The van der Waals surface area contributed by atoms with E-state index >= 15 is 0 Å². The lowest BCUT2D eigenvalue weighted by Crippen LogP contribution is -2.48. The van der Waals surface area contributed by atoms with Crippen molar-refractivity contribution in [2.24, 2.45) is 5.73 Å². The first-order valence-corrected chi connectivity index (χ1v) is 10.0. The van der Waals surface area contributed by atoms with Gasteiger partial charge in [0, 0.05) is 16.8 Å². The minimum atomic E-state index is -0.776. The summed E-state index contributed by atoms with van der Waals surface area (Å²) in [5, 5.41) is 13.0. The molecule has 3 rings (SSSR count). The Hall–Kier alpha value is -2.55. The van der Waals surface area contributed by atoms with Crippen LogP contribution in [-0.2, 0) is 6.61 Å². The van der Waals surface area contributed by atoms with Gasteiger partial charge in [0.25, 0.3) is 5.91 Å². The van der Waals surface area contributed by atoms with Crippen molar-refractivity contribution in [3.8, 4) is 11.3 Å². The minimum Gasteiger partial charge on any atom is -0.391 e. The summed E-state index contributed by atoms with van der Waals surface area (Å²) in [5.74, 6) is -0.641. The maximum Gasteiger partial charge on any atom is 0.268 e. The summed E-state index contributed by atoms with van der Waals surface area (Å²) >= 11 is 1.33. The molecule has 0 fully saturated rings. The van der Waals surface area contributed by atoms with E-state index in [1.807, 2.05) is 20.8 Å². The number of thiazole rings is 1. The molecule has 0 saturated carbocycles. The van der Waals surface area contributed by atoms with Gasteiger partial charge in [0.05, 0.1) is 23.2 Å². The van der Waals surface area contributed by atoms with E-state index in [0.717, 1.165) is 10.6 Å². The van der Waals surface area contributed by atoms with Crippen molar-refractivity contribution in [3.05, 3.63) is 63.0 Å².